The van der Waals surface area contributed by atoms with E-state index in [1.165, 1.54) is 4.90 Å². The number of aliphatic hydroxyl groups excluding tert-OH is 1. The number of imide groups is 1. The highest BCUT2D eigenvalue weighted by atomic mass is 16.3. The molecule has 2 aliphatic rings. The van der Waals surface area contributed by atoms with Crippen molar-refractivity contribution in [2.45, 2.75) is 32.3 Å². The summed E-state index contributed by atoms with van der Waals surface area (Å²) in [6.45, 7) is 2.12. The van der Waals surface area contributed by atoms with Gasteiger partial charge in [-0.05, 0) is 26.2 Å². The van der Waals surface area contributed by atoms with E-state index in [2.05, 4.69) is 4.99 Å². The van der Waals surface area contributed by atoms with Crippen LogP contribution < -0.4 is 0 Å². The molecule has 0 saturated carbocycles. The average Bonchev–Trinajstić information content (AvgIpc) is 2.72. The van der Waals surface area contributed by atoms with E-state index < -0.39 is 0 Å². The lowest BCUT2D eigenvalue weighted by Crippen LogP contribution is -2.61. The van der Waals surface area contributed by atoms with Crippen molar-refractivity contribution in [1.82, 2.24) is 4.90 Å². The maximum absolute atomic E-state index is 12.7. The van der Waals surface area contributed by atoms with E-state index in [1.807, 2.05) is 14.1 Å². The zero-order valence-corrected chi connectivity index (χ0v) is 14.0. The lowest BCUT2D eigenvalue weighted by Gasteiger charge is -2.35. The number of aliphatic imine (C=N–C) groups is 1. The molecule has 3 amide bonds. The van der Waals surface area contributed by atoms with Crippen molar-refractivity contribution in [2.24, 2.45) is 4.99 Å². The molecule has 0 aromatic rings. The monoisotopic (exact) mass is 310 g/mol. The molecule has 0 aliphatic carbocycles. The molecule has 22 heavy (non-hydrogen) atoms. The second-order valence-corrected chi connectivity index (χ2v) is 6.99. The minimum atomic E-state index is -0.354. The smallest absolute Gasteiger partial charge is 0.393 e. The van der Waals surface area contributed by atoms with E-state index in [9.17, 15) is 14.7 Å². The van der Waals surface area contributed by atoms with Gasteiger partial charge < -0.3 is 5.11 Å². The molecule has 2 heterocycles. The molecule has 1 N–H and O–H groups in total. The topological polar surface area (TPSA) is 70.0 Å². The summed E-state index contributed by atoms with van der Waals surface area (Å²) in [4.78, 5) is 31.0. The third kappa shape index (κ3) is 2.71. The molecule has 0 spiro atoms. The number of aliphatic hydroxyl groups is 1. The van der Waals surface area contributed by atoms with Crippen LogP contribution in [0.25, 0.3) is 0 Å². The van der Waals surface area contributed by atoms with E-state index in [4.69, 9.17) is 0 Å². The van der Waals surface area contributed by atoms with Gasteiger partial charge in [-0.3, -0.25) is 4.79 Å². The fourth-order valence-electron chi connectivity index (χ4n) is 2.84. The first-order chi connectivity index (χ1) is 10.1. The summed E-state index contributed by atoms with van der Waals surface area (Å²) in [5.74, 6) is 0.275. The molecule has 1 unspecified atom stereocenters. The normalized spacial score (nSPS) is 24.0. The van der Waals surface area contributed by atoms with Crippen LogP contribution in [-0.4, -0.2) is 78.1 Å². The molecular weight excluding hydrogens is 284 g/mol. The van der Waals surface area contributed by atoms with Crippen LogP contribution in [0, 0.1) is 0 Å². The first kappa shape index (κ1) is 16.8. The largest absolute Gasteiger partial charge is 0.432 e. The van der Waals surface area contributed by atoms with E-state index in [-0.39, 0.29) is 27.0 Å². The molecule has 0 bridgehead atoms. The van der Waals surface area contributed by atoms with Gasteiger partial charge >= 0.3 is 17.8 Å². The number of rotatable bonds is 5. The van der Waals surface area contributed by atoms with Gasteiger partial charge in [0.2, 0.25) is 6.34 Å². The summed E-state index contributed by atoms with van der Waals surface area (Å²) in [7, 11) is 7.28. The van der Waals surface area contributed by atoms with Crippen LogP contribution in [0.4, 0.5) is 4.79 Å². The molecule has 0 saturated heterocycles. The third-order valence-corrected chi connectivity index (χ3v) is 4.20. The van der Waals surface area contributed by atoms with Crippen LogP contribution in [0.2, 0.25) is 0 Å². The maximum atomic E-state index is 12.7. The van der Waals surface area contributed by atoms with Crippen molar-refractivity contribution < 1.29 is 23.7 Å². The molecular formula is C15H26N4O3+2. The number of unbranched alkanes of at least 4 members (excludes halogenated alkanes) is 1. The zero-order chi connectivity index (χ0) is 16.7. The van der Waals surface area contributed by atoms with Crippen molar-refractivity contribution in [3.8, 4) is 0 Å². The van der Waals surface area contributed by atoms with Gasteiger partial charge in [-0.25, -0.2) is 14.2 Å². The molecule has 2 rings (SSSR count). The minimum Gasteiger partial charge on any atom is -0.393 e. The standard InChI is InChI=1S/C15H26N4O3/c1-11(20)8-6-7-9-17-14(21)12-13(16-10-18(12,2)3)19(4,5)15(17)22/h10-11,20H,6-9H2,1-5H3/q+2. The number of hydrogen-bond donors (Lipinski definition) is 1. The summed E-state index contributed by atoms with van der Waals surface area (Å²) in [5.41, 5.74) is 0.556. The van der Waals surface area contributed by atoms with E-state index in [1.54, 1.807) is 27.4 Å². The quantitative estimate of drug-likeness (QED) is 0.605. The Balaban J connectivity index is 2.21. The number of urea groups is 1. The van der Waals surface area contributed by atoms with Crippen molar-refractivity contribution in [3.63, 3.8) is 0 Å². The maximum Gasteiger partial charge on any atom is 0.432 e. The zero-order valence-electron chi connectivity index (χ0n) is 14.0. The summed E-state index contributed by atoms with van der Waals surface area (Å²) in [5, 5.41) is 9.29. The van der Waals surface area contributed by atoms with Gasteiger partial charge in [0.1, 0.15) is 0 Å². The van der Waals surface area contributed by atoms with E-state index in [0.717, 1.165) is 6.42 Å². The van der Waals surface area contributed by atoms with Crippen molar-refractivity contribution in [2.75, 3.05) is 34.7 Å². The third-order valence-electron chi connectivity index (χ3n) is 4.20. The fourth-order valence-corrected chi connectivity index (χ4v) is 2.84. The second-order valence-electron chi connectivity index (χ2n) is 6.99. The van der Waals surface area contributed by atoms with Crippen LogP contribution in [-0.2, 0) is 4.79 Å². The number of likely N-dealkylation sites (N-methyl/N-ethyl adjacent to an activating group) is 1. The van der Waals surface area contributed by atoms with Crippen molar-refractivity contribution in [3.05, 3.63) is 11.5 Å². The summed E-state index contributed by atoms with van der Waals surface area (Å²) in [6.07, 6.45) is 3.48. The summed E-state index contributed by atoms with van der Waals surface area (Å²) < 4.78 is 0.211. The highest BCUT2D eigenvalue weighted by molar-refractivity contribution is 6.04. The number of nitrogens with zero attached hydrogens (tertiary/aromatic N) is 4. The Labute approximate surface area is 131 Å². The van der Waals surface area contributed by atoms with Crippen LogP contribution in [0.3, 0.4) is 0 Å². The first-order valence-corrected chi connectivity index (χ1v) is 7.62. The summed E-state index contributed by atoms with van der Waals surface area (Å²) >= 11 is 0. The number of hydrogen-bond acceptors (Lipinski definition) is 4. The van der Waals surface area contributed by atoms with E-state index >= 15 is 0 Å². The molecule has 0 radical (unpaired) electrons. The second kappa shape index (κ2) is 5.57. The molecule has 7 nitrogen and oxygen atoms in total. The molecule has 0 fully saturated rings. The molecule has 0 aromatic heterocycles. The number of carbonyl (C=O) groups is 2. The average molecular weight is 310 g/mol. The van der Waals surface area contributed by atoms with Gasteiger partial charge in [-0.2, -0.15) is 4.48 Å². The number of carbonyl (C=O) groups excluding carboxylic acids is 2. The predicted molar refractivity (Wildman–Crippen MR) is 82.4 cm³/mol. The van der Waals surface area contributed by atoms with Gasteiger partial charge in [0, 0.05) is 6.54 Å². The number of amides is 3. The Hall–Kier alpha value is -1.57. The Morgan fingerprint density at radius 1 is 1.23 bits per heavy atom. The van der Waals surface area contributed by atoms with Gasteiger partial charge in [0.05, 0.1) is 34.3 Å². The molecule has 0 aromatic carbocycles. The van der Waals surface area contributed by atoms with Gasteiger partial charge in [-0.1, -0.05) is 0 Å². The van der Waals surface area contributed by atoms with Gasteiger partial charge in [0.15, 0.2) is 0 Å². The molecule has 122 valence electrons. The van der Waals surface area contributed by atoms with Crippen molar-refractivity contribution in [1.29, 1.82) is 0 Å². The number of quaternary nitrogens is 2. The molecule has 7 heteroatoms. The van der Waals surface area contributed by atoms with Crippen molar-refractivity contribution >= 4 is 18.3 Å². The van der Waals surface area contributed by atoms with Crippen LogP contribution in [0.5, 0.6) is 0 Å². The lowest BCUT2D eigenvalue weighted by atomic mass is 10.1. The first-order valence-electron chi connectivity index (χ1n) is 7.62. The molecule has 1 atom stereocenters. The van der Waals surface area contributed by atoms with Gasteiger partial charge in [-0.15, -0.1) is 4.99 Å². The Kier molecular flexibility index (Phi) is 4.25. The van der Waals surface area contributed by atoms with Crippen LogP contribution >= 0.6 is 0 Å². The van der Waals surface area contributed by atoms with E-state index in [0.29, 0.717) is 30.9 Å². The highest BCUT2D eigenvalue weighted by Gasteiger charge is 2.56. The van der Waals surface area contributed by atoms with Gasteiger partial charge in [0.25, 0.3) is 5.70 Å². The minimum absolute atomic E-state index is 0.0460. The van der Waals surface area contributed by atoms with Crippen LogP contribution in [0.15, 0.2) is 16.5 Å². The molecule has 2 aliphatic heterocycles. The SMILES string of the molecule is CC(O)CCCCN1C(=O)C2=C(N=C[N+]2(C)C)[N+](C)(C)C1=O. The fraction of sp³-hybridized carbons (Fsp3) is 0.667. The summed E-state index contributed by atoms with van der Waals surface area (Å²) in [6, 6.07) is -0.250. The highest BCUT2D eigenvalue weighted by Crippen LogP contribution is 2.34. The Morgan fingerprint density at radius 2 is 1.86 bits per heavy atom. The lowest BCUT2D eigenvalue weighted by molar-refractivity contribution is -0.792. The Morgan fingerprint density at radius 3 is 2.45 bits per heavy atom. The predicted octanol–water partition coefficient (Wildman–Crippen LogP) is 0.863. The van der Waals surface area contributed by atoms with Crippen LogP contribution in [0.1, 0.15) is 26.2 Å². The Bertz CT molecular complexity index is 561.